The number of benzene rings is 2. The molecule has 0 saturated heterocycles. The van der Waals surface area contributed by atoms with E-state index in [0.29, 0.717) is 35.7 Å². The quantitative estimate of drug-likeness (QED) is 0.710. The Bertz CT molecular complexity index is 1120. The van der Waals surface area contributed by atoms with Crippen LogP contribution >= 0.6 is 0 Å². The molecular weight excluding hydrogens is 454 g/mol. The summed E-state index contributed by atoms with van der Waals surface area (Å²) in [5.74, 6) is 0.347. The molecule has 0 spiro atoms. The van der Waals surface area contributed by atoms with E-state index >= 15 is 0 Å². The van der Waals surface area contributed by atoms with Gasteiger partial charge in [0.25, 0.3) is 15.9 Å². The van der Waals surface area contributed by atoms with E-state index in [0.717, 1.165) is 6.54 Å². The number of carbonyl (C=O) groups is 1. The largest absolute Gasteiger partial charge is 0.491 e. The number of rotatable bonds is 4. The first-order valence-electron chi connectivity index (χ1n) is 11.4. The molecule has 8 nitrogen and oxygen atoms in total. The minimum atomic E-state index is -3.82. The molecule has 0 aliphatic carbocycles. The van der Waals surface area contributed by atoms with Gasteiger partial charge in [0.15, 0.2) is 0 Å². The molecular formula is C25H35N3O5S. The second-order valence-corrected chi connectivity index (χ2v) is 10.8. The van der Waals surface area contributed by atoms with Gasteiger partial charge in [-0.25, -0.2) is 8.42 Å². The second kappa shape index (κ2) is 10.8. The van der Waals surface area contributed by atoms with Crippen LogP contribution in [-0.4, -0.2) is 77.2 Å². The zero-order chi connectivity index (χ0) is 25.0. The number of sulfonamides is 1. The maximum Gasteiger partial charge on any atom is 0.262 e. The lowest BCUT2D eigenvalue weighted by Crippen LogP contribution is -2.45. The standard InChI is InChI=1S/C25H35N3O5S/c1-17-9-7-8-10-24(17)34(30,31)26-20-11-12-22-21(13-20)25(29)28(5)15-23(32-6)18(2)14-27(4)19(3)16-33-22/h7-13,18-19,23,26H,14-16H2,1-6H3/t18-,19-,23+/m0/s1. The molecule has 1 aliphatic heterocycles. The first-order chi connectivity index (χ1) is 16.0. The van der Waals surface area contributed by atoms with Gasteiger partial charge in [-0.05, 0) is 56.6 Å². The molecule has 0 aromatic heterocycles. The molecule has 9 heteroatoms. The number of ether oxygens (including phenoxy) is 2. The van der Waals surface area contributed by atoms with Crippen molar-refractivity contribution in [3.8, 4) is 5.75 Å². The number of anilines is 1. The van der Waals surface area contributed by atoms with Gasteiger partial charge in [-0.1, -0.05) is 25.1 Å². The summed E-state index contributed by atoms with van der Waals surface area (Å²) < 4.78 is 40.3. The van der Waals surface area contributed by atoms with Gasteiger partial charge in [-0.15, -0.1) is 0 Å². The normalized spacial score (nSPS) is 22.8. The number of nitrogens with zero attached hydrogens (tertiary/aromatic N) is 2. The van der Waals surface area contributed by atoms with Crippen LogP contribution in [0.1, 0.15) is 29.8 Å². The molecule has 1 N–H and O–H groups in total. The van der Waals surface area contributed by atoms with Crippen molar-refractivity contribution in [1.29, 1.82) is 0 Å². The number of carbonyl (C=O) groups excluding carboxylic acids is 1. The average Bonchev–Trinajstić information content (AvgIpc) is 2.79. The number of aryl methyl sites for hydroxylation is 1. The van der Waals surface area contributed by atoms with Crippen LogP contribution in [0.5, 0.6) is 5.75 Å². The molecule has 3 rings (SSSR count). The van der Waals surface area contributed by atoms with E-state index in [4.69, 9.17) is 9.47 Å². The summed E-state index contributed by atoms with van der Waals surface area (Å²) in [6, 6.07) is 11.7. The number of fused-ring (bicyclic) bond motifs is 1. The van der Waals surface area contributed by atoms with Gasteiger partial charge in [-0.3, -0.25) is 14.4 Å². The lowest BCUT2D eigenvalue weighted by atomic mass is 10.0. The van der Waals surface area contributed by atoms with Gasteiger partial charge < -0.3 is 14.4 Å². The van der Waals surface area contributed by atoms with Crippen LogP contribution < -0.4 is 9.46 Å². The van der Waals surface area contributed by atoms with Crippen LogP contribution in [0.3, 0.4) is 0 Å². The van der Waals surface area contributed by atoms with Crippen molar-refractivity contribution in [1.82, 2.24) is 9.80 Å². The molecule has 2 aromatic carbocycles. The van der Waals surface area contributed by atoms with Crippen LogP contribution in [0.25, 0.3) is 0 Å². The summed E-state index contributed by atoms with van der Waals surface area (Å²) in [6.07, 6.45) is -0.143. The molecule has 0 fully saturated rings. The molecule has 1 aliphatic rings. The van der Waals surface area contributed by atoms with E-state index in [2.05, 4.69) is 23.5 Å². The van der Waals surface area contributed by atoms with Gasteiger partial charge in [0.2, 0.25) is 0 Å². The van der Waals surface area contributed by atoms with E-state index in [1.165, 1.54) is 6.07 Å². The third-order valence-corrected chi connectivity index (χ3v) is 7.93. The number of nitrogens with one attached hydrogen (secondary N) is 1. The molecule has 2 aromatic rings. The maximum absolute atomic E-state index is 13.4. The fourth-order valence-electron chi connectivity index (χ4n) is 4.09. The summed E-state index contributed by atoms with van der Waals surface area (Å²) in [5, 5.41) is 0. The number of hydrogen-bond acceptors (Lipinski definition) is 6. The van der Waals surface area contributed by atoms with Crippen LogP contribution in [0.4, 0.5) is 5.69 Å². The van der Waals surface area contributed by atoms with Crippen molar-refractivity contribution < 1.29 is 22.7 Å². The Hall–Kier alpha value is -2.62. The van der Waals surface area contributed by atoms with Crippen LogP contribution in [0.15, 0.2) is 47.4 Å². The van der Waals surface area contributed by atoms with Crippen molar-refractivity contribution in [2.75, 3.05) is 45.6 Å². The van der Waals surface area contributed by atoms with Crippen LogP contribution in [0.2, 0.25) is 0 Å². The first-order valence-corrected chi connectivity index (χ1v) is 12.9. The lowest BCUT2D eigenvalue weighted by Gasteiger charge is -2.34. The Labute approximate surface area is 202 Å². The fourth-order valence-corrected chi connectivity index (χ4v) is 5.39. The summed E-state index contributed by atoms with van der Waals surface area (Å²) in [6.45, 7) is 7.51. The first kappa shape index (κ1) is 26.0. The third-order valence-electron chi connectivity index (χ3n) is 6.39. The van der Waals surface area contributed by atoms with Gasteiger partial charge in [-0.2, -0.15) is 0 Å². The number of likely N-dealkylation sites (N-methyl/N-ethyl adjacent to an activating group) is 2. The fraction of sp³-hybridized carbons (Fsp3) is 0.480. The van der Waals surface area contributed by atoms with E-state index in [9.17, 15) is 13.2 Å². The van der Waals surface area contributed by atoms with Gasteiger partial charge in [0.05, 0.1) is 16.6 Å². The highest BCUT2D eigenvalue weighted by atomic mass is 32.2. The predicted molar refractivity (Wildman–Crippen MR) is 133 cm³/mol. The Morgan fingerprint density at radius 1 is 1.09 bits per heavy atom. The minimum Gasteiger partial charge on any atom is -0.491 e. The molecule has 34 heavy (non-hydrogen) atoms. The monoisotopic (exact) mass is 489 g/mol. The van der Waals surface area contributed by atoms with Crippen molar-refractivity contribution in [2.45, 2.75) is 37.8 Å². The summed E-state index contributed by atoms with van der Waals surface area (Å²) in [4.78, 5) is 17.4. The number of hydrogen-bond donors (Lipinski definition) is 1. The zero-order valence-electron chi connectivity index (χ0n) is 20.7. The molecule has 1 heterocycles. The van der Waals surface area contributed by atoms with Crippen molar-refractivity contribution in [2.24, 2.45) is 5.92 Å². The van der Waals surface area contributed by atoms with Gasteiger partial charge in [0, 0.05) is 39.0 Å². The number of methoxy groups -OCH3 is 1. The second-order valence-electron chi connectivity index (χ2n) is 9.12. The van der Waals surface area contributed by atoms with E-state index in [1.807, 2.05) is 7.05 Å². The van der Waals surface area contributed by atoms with Crippen LogP contribution in [-0.2, 0) is 14.8 Å². The summed E-state index contributed by atoms with van der Waals surface area (Å²) in [7, 11) is 1.60. The molecule has 1 amide bonds. The van der Waals surface area contributed by atoms with Crippen molar-refractivity contribution in [3.05, 3.63) is 53.6 Å². The smallest absolute Gasteiger partial charge is 0.262 e. The molecule has 0 saturated carbocycles. The van der Waals surface area contributed by atoms with Gasteiger partial charge >= 0.3 is 0 Å². The lowest BCUT2D eigenvalue weighted by molar-refractivity contribution is 0.0150. The Balaban J connectivity index is 1.97. The molecule has 0 radical (unpaired) electrons. The molecule has 3 atom stereocenters. The maximum atomic E-state index is 13.4. The van der Waals surface area contributed by atoms with Gasteiger partial charge in [0.1, 0.15) is 12.4 Å². The van der Waals surface area contributed by atoms with Crippen molar-refractivity contribution in [3.63, 3.8) is 0 Å². The average molecular weight is 490 g/mol. The minimum absolute atomic E-state index is 0.110. The number of amides is 1. The van der Waals surface area contributed by atoms with Crippen LogP contribution in [0, 0.1) is 12.8 Å². The van der Waals surface area contributed by atoms with Crippen molar-refractivity contribution >= 4 is 21.6 Å². The van der Waals surface area contributed by atoms with E-state index in [-0.39, 0.29) is 28.9 Å². The highest BCUT2D eigenvalue weighted by Crippen LogP contribution is 2.28. The summed E-state index contributed by atoms with van der Waals surface area (Å²) in [5.41, 5.74) is 1.23. The van der Waals surface area contributed by atoms with E-state index < -0.39 is 10.0 Å². The molecule has 0 bridgehead atoms. The highest BCUT2D eigenvalue weighted by molar-refractivity contribution is 7.92. The third kappa shape index (κ3) is 5.89. The zero-order valence-corrected chi connectivity index (χ0v) is 21.6. The SMILES string of the molecule is CO[C@@H]1CN(C)C(=O)c2cc(NS(=O)(=O)c3ccccc3C)ccc2OC[C@H](C)N(C)C[C@@H]1C. The Morgan fingerprint density at radius 2 is 1.79 bits per heavy atom. The van der Waals surface area contributed by atoms with E-state index in [1.54, 1.807) is 62.4 Å². The molecule has 186 valence electrons. The highest BCUT2D eigenvalue weighted by Gasteiger charge is 2.27. The topological polar surface area (TPSA) is 88.2 Å². The predicted octanol–water partition coefficient (Wildman–Crippen LogP) is 3.23. The summed E-state index contributed by atoms with van der Waals surface area (Å²) >= 11 is 0. The Kier molecular flexibility index (Phi) is 8.22. The molecule has 0 unspecified atom stereocenters. The Morgan fingerprint density at radius 3 is 2.47 bits per heavy atom.